The highest BCUT2D eigenvalue weighted by Crippen LogP contribution is 2.34. The van der Waals surface area contributed by atoms with Crippen LogP contribution in [0.2, 0.25) is 0 Å². The summed E-state index contributed by atoms with van der Waals surface area (Å²) in [7, 11) is 0. The van der Waals surface area contributed by atoms with E-state index in [4.69, 9.17) is 5.73 Å². The average molecular weight is 236 g/mol. The van der Waals surface area contributed by atoms with E-state index in [0.29, 0.717) is 18.9 Å². The van der Waals surface area contributed by atoms with Crippen LogP contribution in [0.5, 0.6) is 0 Å². The zero-order valence-electron chi connectivity index (χ0n) is 9.34. The van der Waals surface area contributed by atoms with Crippen molar-refractivity contribution in [2.75, 3.05) is 13.1 Å². The summed E-state index contributed by atoms with van der Waals surface area (Å²) in [6.45, 7) is -0.267. The molecule has 2 saturated carbocycles. The molecule has 2 aliphatic carbocycles. The maximum Gasteiger partial charge on any atom is 0.401 e. The zero-order chi connectivity index (χ0) is 11.8. The Kier molecular flexibility index (Phi) is 3.45. The van der Waals surface area contributed by atoms with Crippen LogP contribution in [0.15, 0.2) is 0 Å². The lowest BCUT2D eigenvalue weighted by atomic mass is 10.1. The highest BCUT2D eigenvalue weighted by atomic mass is 19.4. The molecule has 2 rings (SSSR count). The summed E-state index contributed by atoms with van der Waals surface area (Å²) in [5.74, 6) is 0.576. The van der Waals surface area contributed by atoms with Gasteiger partial charge in [-0.1, -0.05) is 0 Å². The van der Waals surface area contributed by atoms with E-state index >= 15 is 0 Å². The summed E-state index contributed by atoms with van der Waals surface area (Å²) >= 11 is 0. The molecule has 0 heterocycles. The fraction of sp³-hybridized carbons (Fsp3) is 1.00. The first-order chi connectivity index (χ1) is 7.46. The van der Waals surface area contributed by atoms with Gasteiger partial charge in [-0.3, -0.25) is 4.90 Å². The van der Waals surface area contributed by atoms with E-state index in [0.717, 1.165) is 25.7 Å². The summed E-state index contributed by atoms with van der Waals surface area (Å²) < 4.78 is 36.9. The lowest BCUT2D eigenvalue weighted by Crippen LogP contribution is -2.39. The van der Waals surface area contributed by atoms with Crippen LogP contribution < -0.4 is 5.73 Å². The van der Waals surface area contributed by atoms with Gasteiger partial charge in [0.2, 0.25) is 0 Å². The highest BCUT2D eigenvalue weighted by molar-refractivity contribution is 4.89. The van der Waals surface area contributed by atoms with Crippen molar-refractivity contribution in [3.63, 3.8) is 0 Å². The average Bonchev–Trinajstić information content (AvgIpc) is 3.03. The van der Waals surface area contributed by atoms with Crippen molar-refractivity contribution in [3.05, 3.63) is 0 Å². The summed E-state index contributed by atoms with van der Waals surface area (Å²) in [5.41, 5.74) is 5.90. The van der Waals surface area contributed by atoms with Crippen molar-refractivity contribution in [2.45, 2.75) is 50.4 Å². The fourth-order valence-corrected chi connectivity index (χ4v) is 2.14. The minimum Gasteiger partial charge on any atom is -0.327 e. The largest absolute Gasteiger partial charge is 0.401 e. The Morgan fingerprint density at radius 2 is 1.81 bits per heavy atom. The number of halogens is 3. The van der Waals surface area contributed by atoms with Gasteiger partial charge in [-0.2, -0.15) is 13.2 Å². The van der Waals surface area contributed by atoms with Gasteiger partial charge in [0.25, 0.3) is 0 Å². The number of nitrogens with two attached hydrogens (primary N) is 1. The monoisotopic (exact) mass is 236 g/mol. The molecular weight excluding hydrogens is 217 g/mol. The molecule has 0 amide bonds. The first-order valence-corrected chi connectivity index (χ1v) is 6.02. The van der Waals surface area contributed by atoms with Crippen molar-refractivity contribution in [3.8, 4) is 0 Å². The number of hydrogen-bond acceptors (Lipinski definition) is 2. The second kappa shape index (κ2) is 4.53. The van der Waals surface area contributed by atoms with Gasteiger partial charge in [0.1, 0.15) is 0 Å². The molecule has 0 bridgehead atoms. The van der Waals surface area contributed by atoms with E-state index in [-0.39, 0.29) is 12.1 Å². The molecule has 2 N–H and O–H groups in total. The second-order valence-corrected chi connectivity index (χ2v) is 5.11. The molecule has 2 nitrogen and oxygen atoms in total. The van der Waals surface area contributed by atoms with E-state index < -0.39 is 12.7 Å². The minimum atomic E-state index is -4.08. The van der Waals surface area contributed by atoms with Gasteiger partial charge < -0.3 is 5.73 Å². The molecule has 0 spiro atoms. The Bertz CT molecular complexity index is 234. The molecule has 94 valence electrons. The van der Waals surface area contributed by atoms with Gasteiger partial charge in [-0.15, -0.1) is 0 Å². The van der Waals surface area contributed by atoms with E-state index in [1.165, 1.54) is 0 Å². The summed E-state index contributed by atoms with van der Waals surface area (Å²) in [4.78, 5) is 1.56. The summed E-state index contributed by atoms with van der Waals surface area (Å²) in [6, 6.07) is 0.266. The van der Waals surface area contributed by atoms with E-state index in [1.807, 2.05) is 0 Å². The predicted molar refractivity (Wildman–Crippen MR) is 56.0 cm³/mol. The third-order valence-corrected chi connectivity index (χ3v) is 3.42. The van der Waals surface area contributed by atoms with E-state index in [9.17, 15) is 13.2 Å². The van der Waals surface area contributed by atoms with Crippen LogP contribution in [0, 0.1) is 5.92 Å². The Morgan fingerprint density at radius 1 is 1.19 bits per heavy atom. The molecule has 0 aromatic rings. The fourth-order valence-electron chi connectivity index (χ4n) is 2.14. The minimum absolute atomic E-state index is 0.106. The Balaban J connectivity index is 1.73. The maximum atomic E-state index is 12.3. The molecule has 1 unspecified atom stereocenters. The molecule has 5 heteroatoms. The van der Waals surface area contributed by atoms with Crippen LogP contribution in [0.1, 0.15) is 32.1 Å². The van der Waals surface area contributed by atoms with Gasteiger partial charge in [0, 0.05) is 18.6 Å². The van der Waals surface area contributed by atoms with E-state index in [2.05, 4.69) is 0 Å². The van der Waals surface area contributed by atoms with Crippen LogP contribution in [-0.4, -0.2) is 36.2 Å². The molecule has 0 aromatic carbocycles. The lowest BCUT2D eigenvalue weighted by Gasteiger charge is -2.24. The molecule has 0 radical (unpaired) electrons. The van der Waals surface area contributed by atoms with Gasteiger partial charge in [-0.25, -0.2) is 0 Å². The van der Waals surface area contributed by atoms with Gasteiger partial charge in [0.05, 0.1) is 6.54 Å². The van der Waals surface area contributed by atoms with Crippen molar-refractivity contribution < 1.29 is 13.2 Å². The van der Waals surface area contributed by atoms with Crippen LogP contribution in [-0.2, 0) is 0 Å². The molecule has 2 fully saturated rings. The van der Waals surface area contributed by atoms with Crippen LogP contribution in [0.3, 0.4) is 0 Å². The SMILES string of the molecule is NC(CCN(CC(F)(F)F)C1CC1)C1CC1. The smallest absolute Gasteiger partial charge is 0.327 e. The van der Waals surface area contributed by atoms with Crippen molar-refractivity contribution >= 4 is 0 Å². The number of hydrogen-bond donors (Lipinski definition) is 1. The molecule has 0 aromatic heterocycles. The molecule has 16 heavy (non-hydrogen) atoms. The Morgan fingerprint density at radius 3 is 2.25 bits per heavy atom. The molecule has 0 aliphatic heterocycles. The number of rotatable bonds is 6. The number of alkyl halides is 3. The quantitative estimate of drug-likeness (QED) is 0.765. The highest BCUT2D eigenvalue weighted by Gasteiger charge is 2.38. The van der Waals surface area contributed by atoms with Crippen molar-refractivity contribution in [1.82, 2.24) is 4.90 Å². The van der Waals surface area contributed by atoms with Crippen molar-refractivity contribution in [2.24, 2.45) is 11.7 Å². The zero-order valence-corrected chi connectivity index (χ0v) is 9.34. The predicted octanol–water partition coefficient (Wildman–Crippen LogP) is 2.14. The van der Waals surface area contributed by atoms with Crippen LogP contribution in [0.25, 0.3) is 0 Å². The van der Waals surface area contributed by atoms with Crippen LogP contribution in [0.4, 0.5) is 13.2 Å². The van der Waals surface area contributed by atoms with Gasteiger partial charge >= 0.3 is 6.18 Å². The molecular formula is C11H19F3N2. The number of nitrogens with zero attached hydrogens (tertiary/aromatic N) is 1. The van der Waals surface area contributed by atoms with Crippen molar-refractivity contribution in [1.29, 1.82) is 0 Å². The molecule has 2 aliphatic rings. The molecule has 0 saturated heterocycles. The van der Waals surface area contributed by atoms with Gasteiger partial charge in [0.15, 0.2) is 0 Å². The summed E-state index contributed by atoms with van der Waals surface area (Å²) in [6.07, 6.45) is 0.765. The summed E-state index contributed by atoms with van der Waals surface area (Å²) in [5, 5.41) is 0. The standard InChI is InChI=1S/C11H19F3N2/c12-11(13,14)7-16(9-3-4-9)6-5-10(15)8-1-2-8/h8-10H,1-7,15H2. The third-order valence-electron chi connectivity index (χ3n) is 3.42. The Hall–Kier alpha value is -0.290. The van der Waals surface area contributed by atoms with Crippen LogP contribution >= 0.6 is 0 Å². The first kappa shape index (κ1) is 12.2. The first-order valence-electron chi connectivity index (χ1n) is 6.02. The topological polar surface area (TPSA) is 29.3 Å². The Labute approximate surface area is 94.0 Å². The second-order valence-electron chi connectivity index (χ2n) is 5.11. The maximum absolute atomic E-state index is 12.3. The third kappa shape index (κ3) is 3.94. The van der Waals surface area contributed by atoms with Gasteiger partial charge in [-0.05, 0) is 38.0 Å². The lowest BCUT2D eigenvalue weighted by molar-refractivity contribution is -0.147. The molecule has 1 atom stereocenters. The normalized spacial score (nSPS) is 23.8. The van der Waals surface area contributed by atoms with E-state index in [1.54, 1.807) is 4.90 Å².